The number of nitrogens with one attached hydrogen (secondary N) is 1. The fourth-order valence-corrected chi connectivity index (χ4v) is 1.33. The number of nitrogens with zero attached hydrogens (tertiary/aromatic N) is 3. The van der Waals surface area contributed by atoms with Crippen LogP contribution in [0.2, 0.25) is 0 Å². The van der Waals surface area contributed by atoms with Crippen molar-refractivity contribution in [3.63, 3.8) is 0 Å². The van der Waals surface area contributed by atoms with E-state index in [-0.39, 0.29) is 0 Å². The molecular formula is C8H6N4O7. The second-order valence-electron chi connectivity index (χ2n) is 3.31. The maximum absolute atomic E-state index is 10.9. The Bertz CT molecular complexity index is 597. The number of rotatable bonds is 4. The fraction of sp³-hybridized carbons (Fsp3) is 0.125. The SMILES string of the molecule is CC(=O)Nc1cc([N+](=O)[O-])cc([N+](=O)[O-])c1[N+](=O)[O-]. The molecule has 0 aliphatic rings. The van der Waals surface area contributed by atoms with Crippen molar-refractivity contribution in [1.82, 2.24) is 0 Å². The Labute approximate surface area is 104 Å². The summed E-state index contributed by atoms with van der Waals surface area (Å²) >= 11 is 0. The molecule has 0 saturated heterocycles. The number of nitro groups is 3. The molecule has 1 aromatic rings. The largest absolute Gasteiger partial charge is 0.369 e. The predicted octanol–water partition coefficient (Wildman–Crippen LogP) is 1.37. The minimum absolute atomic E-state index is 0.462. The standard InChI is InChI=1S/C8H6N4O7/c1-4(13)9-6-2-5(10(14)15)3-7(11(16)17)8(6)12(18)19/h2-3H,1H3,(H,9,13). The molecular weight excluding hydrogens is 264 g/mol. The molecule has 19 heavy (non-hydrogen) atoms. The molecule has 11 heteroatoms. The smallest absolute Gasteiger partial charge is 0.320 e. The van der Waals surface area contributed by atoms with E-state index in [2.05, 4.69) is 0 Å². The van der Waals surface area contributed by atoms with Crippen LogP contribution in [0.25, 0.3) is 0 Å². The molecule has 0 atom stereocenters. The minimum atomic E-state index is -1.13. The molecule has 100 valence electrons. The molecule has 11 nitrogen and oxygen atoms in total. The first kappa shape index (κ1) is 14.0. The Morgan fingerprint density at radius 3 is 2.00 bits per heavy atom. The lowest BCUT2D eigenvalue weighted by atomic mass is 10.2. The summed E-state index contributed by atoms with van der Waals surface area (Å²) in [5.74, 6) is -0.752. The number of carbonyl (C=O) groups is 1. The number of hydrogen-bond donors (Lipinski definition) is 1. The lowest BCUT2D eigenvalue weighted by Gasteiger charge is -2.03. The van der Waals surface area contributed by atoms with Gasteiger partial charge in [-0.25, -0.2) is 0 Å². The highest BCUT2D eigenvalue weighted by Crippen LogP contribution is 2.38. The van der Waals surface area contributed by atoms with Crippen LogP contribution >= 0.6 is 0 Å². The van der Waals surface area contributed by atoms with E-state index >= 15 is 0 Å². The molecule has 0 bridgehead atoms. The van der Waals surface area contributed by atoms with E-state index in [9.17, 15) is 35.1 Å². The number of hydrogen-bond acceptors (Lipinski definition) is 7. The van der Waals surface area contributed by atoms with Gasteiger partial charge in [0.2, 0.25) is 5.91 Å². The van der Waals surface area contributed by atoms with E-state index in [0.29, 0.717) is 12.1 Å². The second kappa shape index (κ2) is 5.03. The molecule has 1 aromatic carbocycles. The normalized spacial score (nSPS) is 9.74. The maximum atomic E-state index is 10.9. The molecule has 0 saturated carbocycles. The van der Waals surface area contributed by atoms with Gasteiger partial charge in [-0.2, -0.15) is 0 Å². The maximum Gasteiger partial charge on any atom is 0.369 e. The molecule has 0 fully saturated rings. The first-order chi connectivity index (χ1) is 8.73. The van der Waals surface area contributed by atoms with Gasteiger partial charge in [-0.3, -0.25) is 35.1 Å². The Morgan fingerprint density at radius 1 is 1.05 bits per heavy atom. The van der Waals surface area contributed by atoms with Crippen LogP contribution in [0.15, 0.2) is 12.1 Å². The summed E-state index contributed by atoms with van der Waals surface area (Å²) in [5, 5.41) is 34.0. The van der Waals surface area contributed by atoms with Gasteiger partial charge in [0.25, 0.3) is 5.69 Å². The third-order valence-corrected chi connectivity index (χ3v) is 1.98. The highest BCUT2D eigenvalue weighted by Gasteiger charge is 2.33. The summed E-state index contributed by atoms with van der Waals surface area (Å²) in [6, 6.07) is 1.15. The van der Waals surface area contributed by atoms with E-state index in [1.54, 1.807) is 0 Å². The second-order valence-corrected chi connectivity index (χ2v) is 3.31. The molecule has 0 aromatic heterocycles. The van der Waals surface area contributed by atoms with Crippen LogP contribution in [-0.2, 0) is 4.79 Å². The van der Waals surface area contributed by atoms with Gasteiger partial charge in [0.15, 0.2) is 0 Å². The summed E-state index contributed by atoms with van der Waals surface area (Å²) in [5.41, 5.74) is -3.41. The molecule has 0 aliphatic heterocycles. The van der Waals surface area contributed by atoms with Gasteiger partial charge in [0.1, 0.15) is 11.8 Å². The van der Waals surface area contributed by atoms with E-state index in [1.807, 2.05) is 5.32 Å². The van der Waals surface area contributed by atoms with E-state index in [1.165, 1.54) is 0 Å². The van der Waals surface area contributed by atoms with E-state index < -0.39 is 43.4 Å². The van der Waals surface area contributed by atoms with Gasteiger partial charge in [-0.05, 0) is 0 Å². The van der Waals surface area contributed by atoms with Crippen LogP contribution in [0.5, 0.6) is 0 Å². The summed E-state index contributed by atoms with van der Waals surface area (Å²) in [7, 11) is 0. The van der Waals surface area contributed by atoms with Crippen molar-refractivity contribution in [3.05, 3.63) is 42.5 Å². The zero-order valence-electron chi connectivity index (χ0n) is 9.35. The van der Waals surface area contributed by atoms with Gasteiger partial charge < -0.3 is 5.32 Å². The van der Waals surface area contributed by atoms with Crippen molar-refractivity contribution >= 4 is 28.7 Å². The highest BCUT2D eigenvalue weighted by atomic mass is 16.6. The molecule has 0 aliphatic carbocycles. The Hall–Kier alpha value is -3.11. The first-order valence-corrected chi connectivity index (χ1v) is 4.63. The van der Waals surface area contributed by atoms with Gasteiger partial charge in [0.05, 0.1) is 14.8 Å². The summed E-state index contributed by atoms with van der Waals surface area (Å²) in [6.45, 7) is 1.01. The van der Waals surface area contributed by atoms with Gasteiger partial charge in [0, 0.05) is 13.0 Å². The Kier molecular flexibility index (Phi) is 3.70. The molecule has 0 unspecified atom stereocenters. The molecule has 0 radical (unpaired) electrons. The fourth-order valence-electron chi connectivity index (χ4n) is 1.33. The number of anilines is 1. The zero-order chi connectivity index (χ0) is 14.7. The zero-order valence-corrected chi connectivity index (χ0v) is 9.35. The van der Waals surface area contributed by atoms with Crippen LogP contribution in [0.3, 0.4) is 0 Å². The number of nitro benzene ring substituents is 3. The lowest BCUT2D eigenvalue weighted by Crippen LogP contribution is -2.10. The monoisotopic (exact) mass is 270 g/mol. The molecule has 1 rings (SSSR count). The van der Waals surface area contributed by atoms with Gasteiger partial charge in [-0.1, -0.05) is 0 Å². The molecule has 1 amide bonds. The van der Waals surface area contributed by atoms with E-state index in [4.69, 9.17) is 0 Å². The first-order valence-electron chi connectivity index (χ1n) is 4.63. The number of non-ortho nitro benzene ring substituents is 1. The summed E-state index contributed by atoms with van der Waals surface area (Å²) < 4.78 is 0. The van der Waals surface area contributed by atoms with Crippen molar-refractivity contribution in [3.8, 4) is 0 Å². The average Bonchev–Trinajstić information content (AvgIpc) is 2.26. The summed E-state index contributed by atoms with van der Waals surface area (Å²) in [4.78, 5) is 39.8. The number of amides is 1. The van der Waals surface area contributed by atoms with Crippen LogP contribution in [0.1, 0.15) is 6.92 Å². The van der Waals surface area contributed by atoms with Crippen LogP contribution in [0, 0.1) is 30.3 Å². The van der Waals surface area contributed by atoms with E-state index in [0.717, 1.165) is 6.92 Å². The third kappa shape index (κ3) is 2.96. The molecule has 0 heterocycles. The van der Waals surface area contributed by atoms with Crippen LogP contribution in [-0.4, -0.2) is 20.7 Å². The van der Waals surface area contributed by atoms with Gasteiger partial charge in [-0.15, -0.1) is 0 Å². The molecule has 0 spiro atoms. The predicted molar refractivity (Wildman–Crippen MR) is 60.7 cm³/mol. The van der Waals surface area contributed by atoms with Crippen molar-refractivity contribution in [1.29, 1.82) is 0 Å². The van der Waals surface area contributed by atoms with Crippen LogP contribution < -0.4 is 5.32 Å². The third-order valence-electron chi connectivity index (χ3n) is 1.98. The summed E-state index contributed by atoms with van der Waals surface area (Å²) in [6.07, 6.45) is 0. The van der Waals surface area contributed by atoms with Gasteiger partial charge >= 0.3 is 11.4 Å². The average molecular weight is 270 g/mol. The Balaban J connectivity index is 3.64. The Morgan fingerprint density at radius 2 is 1.63 bits per heavy atom. The van der Waals surface area contributed by atoms with Crippen molar-refractivity contribution in [2.24, 2.45) is 0 Å². The van der Waals surface area contributed by atoms with Crippen LogP contribution in [0.4, 0.5) is 22.7 Å². The number of benzene rings is 1. The topological polar surface area (TPSA) is 159 Å². The lowest BCUT2D eigenvalue weighted by molar-refractivity contribution is -0.423. The number of carbonyl (C=O) groups excluding carboxylic acids is 1. The highest BCUT2D eigenvalue weighted by molar-refractivity contribution is 5.93. The quantitative estimate of drug-likeness (QED) is 0.638. The minimum Gasteiger partial charge on any atom is -0.320 e. The van der Waals surface area contributed by atoms with Crippen molar-refractivity contribution in [2.45, 2.75) is 6.92 Å². The van der Waals surface area contributed by atoms with Crippen molar-refractivity contribution in [2.75, 3.05) is 5.32 Å². The molecule has 1 N–H and O–H groups in total. The van der Waals surface area contributed by atoms with Crippen molar-refractivity contribution < 1.29 is 19.6 Å².